The number of rotatable bonds is 6. The predicted octanol–water partition coefficient (Wildman–Crippen LogP) is 1.40. The third-order valence-corrected chi connectivity index (χ3v) is 4.70. The zero-order valence-electron chi connectivity index (χ0n) is 11.9. The summed E-state index contributed by atoms with van der Waals surface area (Å²) in [5, 5.41) is 3.72. The molecule has 0 aromatic carbocycles. The number of hydrogen-bond donors (Lipinski definition) is 1. The van der Waals surface area contributed by atoms with Crippen LogP contribution in [0.1, 0.15) is 38.5 Å². The lowest BCUT2D eigenvalue weighted by molar-refractivity contribution is -0.142. The fourth-order valence-corrected chi connectivity index (χ4v) is 3.25. The Kier molecular flexibility index (Phi) is 4.08. The van der Waals surface area contributed by atoms with E-state index in [1.54, 1.807) is 0 Å². The second-order valence-corrected chi connectivity index (χ2v) is 6.62. The molecule has 108 valence electrons. The van der Waals surface area contributed by atoms with E-state index in [0.29, 0.717) is 18.4 Å². The predicted molar refractivity (Wildman–Crippen MR) is 73.8 cm³/mol. The maximum absolute atomic E-state index is 11.5. The SMILES string of the molecule is COC(=O)CC1CC(NCC2CC2)CN(C2CC2)C1. The first-order valence-electron chi connectivity index (χ1n) is 7.79. The fraction of sp³-hybridized carbons (Fsp3) is 0.933. The molecule has 0 aromatic heterocycles. The quantitative estimate of drug-likeness (QED) is 0.738. The Labute approximate surface area is 115 Å². The van der Waals surface area contributed by atoms with Crippen LogP contribution in [0.3, 0.4) is 0 Å². The van der Waals surface area contributed by atoms with Gasteiger partial charge in [0.15, 0.2) is 0 Å². The minimum Gasteiger partial charge on any atom is -0.469 e. The van der Waals surface area contributed by atoms with Gasteiger partial charge in [-0.25, -0.2) is 0 Å². The van der Waals surface area contributed by atoms with Crippen molar-refractivity contribution >= 4 is 5.97 Å². The average molecular weight is 266 g/mol. The lowest BCUT2D eigenvalue weighted by Crippen LogP contribution is -2.50. The topological polar surface area (TPSA) is 41.6 Å². The van der Waals surface area contributed by atoms with E-state index in [1.165, 1.54) is 45.9 Å². The molecule has 3 rings (SSSR count). The summed E-state index contributed by atoms with van der Waals surface area (Å²) in [4.78, 5) is 14.1. The van der Waals surface area contributed by atoms with Gasteiger partial charge in [0, 0.05) is 31.6 Å². The lowest BCUT2D eigenvalue weighted by atomic mass is 9.91. The Hall–Kier alpha value is -0.610. The molecule has 1 heterocycles. The molecule has 4 nitrogen and oxygen atoms in total. The van der Waals surface area contributed by atoms with Crippen LogP contribution < -0.4 is 5.32 Å². The van der Waals surface area contributed by atoms with Gasteiger partial charge in [-0.15, -0.1) is 0 Å². The van der Waals surface area contributed by atoms with Gasteiger partial charge in [0.2, 0.25) is 0 Å². The minimum absolute atomic E-state index is 0.0522. The number of ether oxygens (including phenoxy) is 1. The molecule has 2 saturated carbocycles. The van der Waals surface area contributed by atoms with Crippen molar-refractivity contribution in [2.75, 3.05) is 26.7 Å². The highest BCUT2D eigenvalue weighted by Gasteiger charge is 2.37. The Balaban J connectivity index is 1.52. The van der Waals surface area contributed by atoms with Crippen LogP contribution in [0.4, 0.5) is 0 Å². The molecule has 4 heteroatoms. The second kappa shape index (κ2) is 5.80. The van der Waals surface area contributed by atoms with E-state index in [0.717, 1.165) is 24.9 Å². The van der Waals surface area contributed by atoms with E-state index in [2.05, 4.69) is 10.2 Å². The van der Waals surface area contributed by atoms with E-state index in [9.17, 15) is 4.79 Å². The summed E-state index contributed by atoms with van der Waals surface area (Å²) < 4.78 is 4.83. The smallest absolute Gasteiger partial charge is 0.305 e. The van der Waals surface area contributed by atoms with E-state index in [1.807, 2.05) is 0 Å². The van der Waals surface area contributed by atoms with Gasteiger partial charge in [-0.3, -0.25) is 9.69 Å². The molecule has 0 spiro atoms. The van der Waals surface area contributed by atoms with Gasteiger partial charge in [0.05, 0.1) is 7.11 Å². The molecule has 0 aromatic rings. The highest BCUT2D eigenvalue weighted by Crippen LogP contribution is 2.33. The molecule has 0 amide bonds. The summed E-state index contributed by atoms with van der Waals surface area (Å²) in [7, 11) is 1.49. The number of carbonyl (C=O) groups is 1. The third-order valence-electron chi connectivity index (χ3n) is 4.70. The molecular weight excluding hydrogens is 240 g/mol. The summed E-state index contributed by atoms with van der Waals surface area (Å²) in [6.45, 7) is 3.44. The molecule has 2 aliphatic carbocycles. The molecule has 1 saturated heterocycles. The standard InChI is InChI=1S/C15H26N2O2/c1-19-15(18)7-12-6-13(16-8-11-2-3-11)10-17(9-12)14-4-5-14/h11-14,16H,2-10H2,1H3. The summed E-state index contributed by atoms with van der Waals surface area (Å²) in [6.07, 6.45) is 7.21. The molecule has 1 N–H and O–H groups in total. The van der Waals surface area contributed by atoms with Crippen molar-refractivity contribution in [2.45, 2.75) is 50.6 Å². The van der Waals surface area contributed by atoms with Crippen LogP contribution in [0.25, 0.3) is 0 Å². The number of piperidine rings is 1. The summed E-state index contributed by atoms with van der Waals surface area (Å²) in [5.41, 5.74) is 0. The van der Waals surface area contributed by atoms with Crippen LogP contribution in [0.5, 0.6) is 0 Å². The normalized spacial score (nSPS) is 32.3. The monoisotopic (exact) mass is 266 g/mol. The van der Waals surface area contributed by atoms with E-state index >= 15 is 0 Å². The highest BCUT2D eigenvalue weighted by molar-refractivity contribution is 5.69. The first-order chi connectivity index (χ1) is 9.24. The Morgan fingerprint density at radius 1 is 1.21 bits per heavy atom. The van der Waals surface area contributed by atoms with Gasteiger partial charge >= 0.3 is 5.97 Å². The number of hydrogen-bond acceptors (Lipinski definition) is 4. The van der Waals surface area contributed by atoms with Crippen molar-refractivity contribution in [1.29, 1.82) is 0 Å². The number of esters is 1. The number of carbonyl (C=O) groups excluding carboxylic acids is 1. The van der Waals surface area contributed by atoms with Crippen molar-refractivity contribution in [2.24, 2.45) is 11.8 Å². The Morgan fingerprint density at radius 2 is 2.00 bits per heavy atom. The van der Waals surface area contributed by atoms with Gasteiger partial charge in [-0.2, -0.15) is 0 Å². The summed E-state index contributed by atoms with van der Waals surface area (Å²) in [6, 6.07) is 1.37. The average Bonchev–Trinajstić information content (AvgIpc) is 3.29. The number of nitrogens with one attached hydrogen (secondary N) is 1. The maximum atomic E-state index is 11.5. The maximum Gasteiger partial charge on any atom is 0.305 e. The van der Waals surface area contributed by atoms with Crippen molar-refractivity contribution in [3.05, 3.63) is 0 Å². The third kappa shape index (κ3) is 3.93. The zero-order valence-corrected chi connectivity index (χ0v) is 11.9. The molecule has 0 bridgehead atoms. The summed E-state index contributed by atoms with van der Waals surface area (Å²) in [5.74, 6) is 1.34. The minimum atomic E-state index is -0.0522. The van der Waals surface area contributed by atoms with Crippen molar-refractivity contribution in [1.82, 2.24) is 10.2 Å². The molecule has 19 heavy (non-hydrogen) atoms. The van der Waals surface area contributed by atoms with E-state index < -0.39 is 0 Å². The van der Waals surface area contributed by atoms with Crippen molar-refractivity contribution in [3.8, 4) is 0 Å². The summed E-state index contributed by atoms with van der Waals surface area (Å²) >= 11 is 0. The van der Waals surface area contributed by atoms with Gasteiger partial charge in [-0.05, 0) is 50.5 Å². The molecule has 0 radical (unpaired) electrons. The number of methoxy groups -OCH3 is 1. The Morgan fingerprint density at radius 3 is 2.63 bits per heavy atom. The van der Waals surface area contributed by atoms with Gasteiger partial charge in [0.25, 0.3) is 0 Å². The zero-order chi connectivity index (χ0) is 13.2. The van der Waals surface area contributed by atoms with Crippen LogP contribution in [-0.4, -0.2) is 49.7 Å². The second-order valence-electron chi connectivity index (χ2n) is 6.62. The van der Waals surface area contributed by atoms with Gasteiger partial charge in [-0.1, -0.05) is 0 Å². The molecular formula is C15H26N2O2. The van der Waals surface area contributed by atoms with Crippen LogP contribution in [0.2, 0.25) is 0 Å². The van der Waals surface area contributed by atoms with Crippen molar-refractivity contribution in [3.63, 3.8) is 0 Å². The lowest BCUT2D eigenvalue weighted by Gasteiger charge is -2.38. The largest absolute Gasteiger partial charge is 0.469 e. The molecule has 3 fully saturated rings. The van der Waals surface area contributed by atoms with E-state index in [-0.39, 0.29) is 5.97 Å². The van der Waals surface area contributed by atoms with Crippen LogP contribution >= 0.6 is 0 Å². The van der Waals surface area contributed by atoms with Crippen molar-refractivity contribution < 1.29 is 9.53 Å². The number of likely N-dealkylation sites (tertiary alicyclic amines) is 1. The molecule has 2 unspecified atom stereocenters. The van der Waals surface area contributed by atoms with Crippen LogP contribution in [0, 0.1) is 11.8 Å². The number of nitrogens with zero attached hydrogens (tertiary/aromatic N) is 1. The Bertz CT molecular complexity index is 326. The van der Waals surface area contributed by atoms with E-state index in [4.69, 9.17) is 4.74 Å². The van der Waals surface area contributed by atoms with Crippen LogP contribution in [-0.2, 0) is 9.53 Å². The molecule has 1 aliphatic heterocycles. The molecule has 2 atom stereocenters. The molecule has 3 aliphatic rings. The highest BCUT2D eigenvalue weighted by atomic mass is 16.5. The van der Waals surface area contributed by atoms with Gasteiger partial charge < -0.3 is 10.1 Å². The first-order valence-corrected chi connectivity index (χ1v) is 7.79. The fourth-order valence-electron chi connectivity index (χ4n) is 3.25. The first kappa shape index (κ1) is 13.4. The van der Waals surface area contributed by atoms with Gasteiger partial charge in [0.1, 0.15) is 0 Å². The van der Waals surface area contributed by atoms with Crippen LogP contribution in [0.15, 0.2) is 0 Å².